The Hall–Kier alpha value is -2.69. The molecular weight excluding hydrogens is 318 g/mol. The van der Waals surface area contributed by atoms with Gasteiger partial charge in [-0.2, -0.15) is 0 Å². The van der Waals surface area contributed by atoms with E-state index in [1.54, 1.807) is 32.4 Å². The fourth-order valence-corrected chi connectivity index (χ4v) is 2.49. The Morgan fingerprint density at radius 1 is 0.880 bits per heavy atom. The zero-order valence-electron chi connectivity index (χ0n) is 15.4. The second-order valence-electron chi connectivity index (χ2n) is 5.88. The smallest absolute Gasteiger partial charge is 0.251 e. The number of aryl methyl sites for hydroxylation is 3. The number of ether oxygens (including phenoxy) is 3. The highest BCUT2D eigenvalue weighted by Crippen LogP contribution is 2.27. The molecule has 2 aromatic carbocycles. The van der Waals surface area contributed by atoms with Gasteiger partial charge in [0.15, 0.2) is 11.5 Å². The summed E-state index contributed by atoms with van der Waals surface area (Å²) >= 11 is 0. The predicted octanol–water partition coefficient (Wildman–Crippen LogP) is 3.44. The van der Waals surface area contributed by atoms with E-state index < -0.39 is 0 Å². The summed E-state index contributed by atoms with van der Waals surface area (Å²) < 4.78 is 16.2. The van der Waals surface area contributed by atoms with Crippen molar-refractivity contribution in [3.63, 3.8) is 0 Å². The van der Waals surface area contributed by atoms with Gasteiger partial charge in [0.05, 0.1) is 20.8 Å². The molecule has 0 aliphatic carbocycles. The second kappa shape index (κ2) is 8.42. The first-order chi connectivity index (χ1) is 12.0. The number of amides is 1. The van der Waals surface area contributed by atoms with Gasteiger partial charge in [-0.05, 0) is 61.7 Å². The molecule has 5 nitrogen and oxygen atoms in total. The summed E-state index contributed by atoms with van der Waals surface area (Å²) in [7, 11) is 3.10. The van der Waals surface area contributed by atoms with Crippen LogP contribution in [-0.4, -0.2) is 33.3 Å². The highest BCUT2D eigenvalue weighted by atomic mass is 16.5. The van der Waals surface area contributed by atoms with E-state index in [2.05, 4.69) is 25.2 Å². The number of rotatable bonds is 7. The molecule has 0 unspecified atom stereocenters. The number of carbonyl (C=O) groups is 1. The van der Waals surface area contributed by atoms with E-state index >= 15 is 0 Å². The van der Waals surface area contributed by atoms with Crippen LogP contribution in [0.25, 0.3) is 0 Å². The van der Waals surface area contributed by atoms with E-state index in [4.69, 9.17) is 14.2 Å². The monoisotopic (exact) mass is 343 g/mol. The molecule has 0 heterocycles. The van der Waals surface area contributed by atoms with Crippen LogP contribution in [0.3, 0.4) is 0 Å². The lowest BCUT2D eigenvalue weighted by molar-refractivity contribution is 0.0946. The third-order valence-corrected chi connectivity index (χ3v) is 4.08. The van der Waals surface area contributed by atoms with Crippen LogP contribution in [-0.2, 0) is 0 Å². The van der Waals surface area contributed by atoms with Gasteiger partial charge in [-0.1, -0.05) is 6.07 Å². The van der Waals surface area contributed by atoms with E-state index in [9.17, 15) is 4.79 Å². The minimum atomic E-state index is -0.179. The topological polar surface area (TPSA) is 56.8 Å². The van der Waals surface area contributed by atoms with E-state index in [0.717, 1.165) is 11.3 Å². The lowest BCUT2D eigenvalue weighted by Crippen LogP contribution is -2.28. The van der Waals surface area contributed by atoms with Gasteiger partial charge < -0.3 is 19.5 Å². The molecule has 0 fully saturated rings. The molecule has 0 aromatic heterocycles. The highest BCUT2D eigenvalue weighted by molar-refractivity contribution is 5.94. The first-order valence-corrected chi connectivity index (χ1v) is 8.17. The Morgan fingerprint density at radius 3 is 2.24 bits per heavy atom. The molecule has 2 aromatic rings. The molecule has 25 heavy (non-hydrogen) atoms. The van der Waals surface area contributed by atoms with E-state index in [1.165, 1.54) is 11.1 Å². The number of nitrogens with one attached hydrogen (secondary N) is 1. The quantitative estimate of drug-likeness (QED) is 0.783. The van der Waals surface area contributed by atoms with Crippen molar-refractivity contribution in [1.82, 2.24) is 5.32 Å². The zero-order chi connectivity index (χ0) is 18.4. The molecule has 134 valence electrons. The molecule has 0 radical (unpaired) electrons. The van der Waals surface area contributed by atoms with Gasteiger partial charge in [-0.15, -0.1) is 0 Å². The number of methoxy groups -OCH3 is 2. The first-order valence-electron chi connectivity index (χ1n) is 8.17. The summed E-state index contributed by atoms with van der Waals surface area (Å²) in [5.41, 5.74) is 4.04. The van der Waals surface area contributed by atoms with Gasteiger partial charge >= 0.3 is 0 Å². The fourth-order valence-electron chi connectivity index (χ4n) is 2.49. The van der Waals surface area contributed by atoms with Crippen LogP contribution >= 0.6 is 0 Å². The van der Waals surface area contributed by atoms with Gasteiger partial charge in [-0.3, -0.25) is 4.79 Å². The SMILES string of the molecule is COc1ccc(C(=O)NCCOc2cc(C)c(C)cc2C)cc1OC. The van der Waals surface area contributed by atoms with Crippen molar-refractivity contribution >= 4 is 5.91 Å². The second-order valence-corrected chi connectivity index (χ2v) is 5.88. The van der Waals surface area contributed by atoms with Crippen LogP contribution in [0.4, 0.5) is 0 Å². The van der Waals surface area contributed by atoms with Crippen molar-refractivity contribution in [2.45, 2.75) is 20.8 Å². The molecule has 1 N–H and O–H groups in total. The summed E-state index contributed by atoms with van der Waals surface area (Å²) in [6.45, 7) is 6.97. The van der Waals surface area contributed by atoms with Crippen LogP contribution in [0.15, 0.2) is 30.3 Å². The van der Waals surface area contributed by atoms with Crippen LogP contribution < -0.4 is 19.5 Å². The minimum Gasteiger partial charge on any atom is -0.493 e. The lowest BCUT2D eigenvalue weighted by Gasteiger charge is -2.13. The van der Waals surface area contributed by atoms with Crippen molar-refractivity contribution in [3.05, 3.63) is 52.6 Å². The van der Waals surface area contributed by atoms with Crippen LogP contribution in [0.5, 0.6) is 17.2 Å². The molecule has 1 amide bonds. The van der Waals surface area contributed by atoms with Gasteiger partial charge in [-0.25, -0.2) is 0 Å². The maximum absolute atomic E-state index is 12.2. The van der Waals surface area contributed by atoms with Crippen molar-refractivity contribution in [1.29, 1.82) is 0 Å². The summed E-state index contributed by atoms with van der Waals surface area (Å²) in [6.07, 6.45) is 0. The molecule has 0 aliphatic heterocycles. The van der Waals surface area contributed by atoms with Crippen molar-refractivity contribution < 1.29 is 19.0 Å². The Bertz CT molecular complexity index is 756. The first kappa shape index (κ1) is 18.6. The molecule has 0 saturated heterocycles. The van der Waals surface area contributed by atoms with E-state index in [1.807, 2.05) is 13.0 Å². The maximum Gasteiger partial charge on any atom is 0.251 e. The molecule has 2 rings (SSSR count). The van der Waals surface area contributed by atoms with Gasteiger partial charge in [0.1, 0.15) is 12.4 Å². The third-order valence-electron chi connectivity index (χ3n) is 4.08. The summed E-state index contributed by atoms with van der Waals surface area (Å²) in [5.74, 6) is 1.79. The minimum absolute atomic E-state index is 0.179. The van der Waals surface area contributed by atoms with Gasteiger partial charge in [0.2, 0.25) is 0 Å². The standard InChI is InChI=1S/C20H25NO4/c1-13-10-15(3)18(11-14(13)2)25-9-8-21-20(22)16-6-7-17(23-4)19(12-16)24-5/h6-7,10-12H,8-9H2,1-5H3,(H,21,22). The summed E-state index contributed by atoms with van der Waals surface area (Å²) in [6, 6.07) is 9.20. The van der Waals surface area contributed by atoms with Gasteiger partial charge in [0.25, 0.3) is 5.91 Å². The number of hydrogen-bond acceptors (Lipinski definition) is 4. The Labute approximate surface area is 148 Å². The molecule has 0 saturated carbocycles. The van der Waals surface area contributed by atoms with Crippen LogP contribution in [0.1, 0.15) is 27.0 Å². The highest BCUT2D eigenvalue weighted by Gasteiger charge is 2.10. The van der Waals surface area contributed by atoms with E-state index in [0.29, 0.717) is 30.2 Å². The molecule has 0 atom stereocenters. The number of carbonyl (C=O) groups excluding carboxylic acids is 1. The lowest BCUT2D eigenvalue weighted by atomic mass is 10.1. The van der Waals surface area contributed by atoms with Gasteiger partial charge in [0, 0.05) is 5.56 Å². The average Bonchev–Trinajstić information content (AvgIpc) is 2.61. The molecular formula is C20H25NO4. The van der Waals surface area contributed by atoms with Crippen LogP contribution in [0, 0.1) is 20.8 Å². The van der Waals surface area contributed by atoms with Crippen molar-refractivity contribution in [2.75, 3.05) is 27.4 Å². The Morgan fingerprint density at radius 2 is 1.56 bits per heavy atom. The number of benzene rings is 2. The summed E-state index contributed by atoms with van der Waals surface area (Å²) in [4.78, 5) is 12.2. The Balaban J connectivity index is 1.90. The third kappa shape index (κ3) is 4.66. The molecule has 0 aliphatic rings. The normalized spacial score (nSPS) is 10.3. The van der Waals surface area contributed by atoms with Crippen molar-refractivity contribution in [2.24, 2.45) is 0 Å². The van der Waals surface area contributed by atoms with E-state index in [-0.39, 0.29) is 5.91 Å². The zero-order valence-corrected chi connectivity index (χ0v) is 15.4. The fraction of sp³-hybridized carbons (Fsp3) is 0.350. The average molecular weight is 343 g/mol. The Kier molecular flexibility index (Phi) is 6.28. The summed E-state index contributed by atoms with van der Waals surface area (Å²) in [5, 5.41) is 2.84. The molecule has 0 spiro atoms. The number of hydrogen-bond donors (Lipinski definition) is 1. The predicted molar refractivity (Wildman–Crippen MR) is 98.0 cm³/mol. The van der Waals surface area contributed by atoms with Crippen molar-refractivity contribution in [3.8, 4) is 17.2 Å². The molecule has 0 bridgehead atoms. The molecule has 5 heteroatoms. The van der Waals surface area contributed by atoms with Crippen LogP contribution in [0.2, 0.25) is 0 Å². The largest absolute Gasteiger partial charge is 0.493 e. The maximum atomic E-state index is 12.2.